The summed E-state index contributed by atoms with van der Waals surface area (Å²) >= 11 is 1.44. The molecule has 1 amide bonds. The van der Waals surface area contributed by atoms with Crippen LogP contribution >= 0.6 is 11.3 Å². The van der Waals surface area contributed by atoms with E-state index in [9.17, 15) is 4.79 Å². The minimum absolute atomic E-state index is 0.00281. The van der Waals surface area contributed by atoms with Crippen molar-refractivity contribution >= 4 is 33.1 Å². The fourth-order valence-electron chi connectivity index (χ4n) is 3.37. The highest BCUT2D eigenvalue weighted by Gasteiger charge is 2.19. The molecule has 0 bridgehead atoms. The van der Waals surface area contributed by atoms with Crippen molar-refractivity contribution in [3.63, 3.8) is 0 Å². The average molecular weight is 397 g/mol. The second-order valence-corrected chi connectivity index (χ2v) is 7.76. The van der Waals surface area contributed by atoms with Crippen LogP contribution in [0, 0.1) is 0 Å². The number of amides is 1. The number of carbonyl (C=O) groups is 1. The number of hydrogen-bond acceptors (Lipinski definition) is 6. The molecule has 1 aliphatic heterocycles. The van der Waals surface area contributed by atoms with Crippen molar-refractivity contribution in [2.24, 2.45) is 0 Å². The lowest BCUT2D eigenvalue weighted by molar-refractivity contribution is -0.117. The van der Waals surface area contributed by atoms with Gasteiger partial charge in [-0.05, 0) is 22.9 Å². The van der Waals surface area contributed by atoms with Gasteiger partial charge in [-0.1, -0.05) is 30.3 Å². The first-order chi connectivity index (χ1) is 13.8. The van der Waals surface area contributed by atoms with Crippen LogP contribution in [-0.4, -0.2) is 66.6 Å². The van der Waals surface area contributed by atoms with Gasteiger partial charge in [0.1, 0.15) is 12.4 Å². The molecular formula is C21H24N4O2S. The molecule has 1 saturated heterocycles. The lowest BCUT2D eigenvalue weighted by atomic mass is 10.1. The van der Waals surface area contributed by atoms with Crippen LogP contribution in [-0.2, 0) is 4.79 Å². The number of ether oxygens (including phenoxy) is 1. The van der Waals surface area contributed by atoms with Crippen LogP contribution in [0.2, 0.25) is 0 Å². The van der Waals surface area contributed by atoms with Gasteiger partial charge in [0.2, 0.25) is 5.91 Å². The zero-order valence-corrected chi connectivity index (χ0v) is 16.5. The molecule has 0 radical (unpaired) electrons. The summed E-state index contributed by atoms with van der Waals surface area (Å²) in [7, 11) is 0. The minimum atomic E-state index is 0.00281. The van der Waals surface area contributed by atoms with E-state index in [4.69, 9.17) is 4.74 Å². The van der Waals surface area contributed by atoms with E-state index in [-0.39, 0.29) is 5.91 Å². The first-order valence-corrected chi connectivity index (χ1v) is 10.4. The molecule has 3 aromatic rings. The minimum Gasteiger partial charge on any atom is -0.492 e. The third kappa shape index (κ3) is 5.07. The number of carbonyl (C=O) groups excluding carboxylic acids is 1. The number of benzene rings is 2. The molecule has 0 atom stereocenters. The second-order valence-electron chi connectivity index (χ2n) is 6.86. The predicted octanol–water partition coefficient (Wildman–Crippen LogP) is 2.93. The predicted molar refractivity (Wildman–Crippen MR) is 113 cm³/mol. The van der Waals surface area contributed by atoms with E-state index in [2.05, 4.69) is 44.4 Å². The summed E-state index contributed by atoms with van der Waals surface area (Å²) in [6.45, 7) is 5.66. The molecule has 7 heteroatoms. The highest BCUT2D eigenvalue weighted by molar-refractivity contribution is 7.13. The summed E-state index contributed by atoms with van der Waals surface area (Å²) in [5, 5.41) is 7.78. The lowest BCUT2D eigenvalue weighted by Crippen LogP contribution is -2.49. The summed E-state index contributed by atoms with van der Waals surface area (Å²) in [4.78, 5) is 20.7. The Balaban J connectivity index is 1.16. The Hall–Kier alpha value is -2.48. The maximum atomic E-state index is 12.1. The number of piperazine rings is 1. The first kappa shape index (κ1) is 18.9. The number of nitrogens with one attached hydrogen (secondary N) is 1. The Labute approximate surface area is 168 Å². The van der Waals surface area contributed by atoms with E-state index in [1.54, 1.807) is 6.20 Å². The Morgan fingerprint density at radius 3 is 2.64 bits per heavy atom. The Morgan fingerprint density at radius 2 is 1.86 bits per heavy atom. The van der Waals surface area contributed by atoms with Gasteiger partial charge >= 0.3 is 0 Å². The Kier molecular flexibility index (Phi) is 6.16. The first-order valence-electron chi connectivity index (χ1n) is 9.52. The Morgan fingerprint density at radius 1 is 1.07 bits per heavy atom. The van der Waals surface area contributed by atoms with Crippen LogP contribution in [0.15, 0.2) is 54.0 Å². The topological polar surface area (TPSA) is 57.7 Å². The molecular weight excluding hydrogens is 372 g/mol. The molecule has 1 aliphatic rings. The van der Waals surface area contributed by atoms with E-state index in [0.717, 1.165) is 38.5 Å². The molecule has 2 heterocycles. The van der Waals surface area contributed by atoms with Crippen molar-refractivity contribution in [3.05, 3.63) is 54.0 Å². The van der Waals surface area contributed by atoms with Crippen LogP contribution in [0.1, 0.15) is 0 Å². The SMILES string of the molecule is O=C(CN1CCN(CCOc2ccc3ccccc3c2)CC1)Nc1nccs1. The van der Waals surface area contributed by atoms with Gasteiger partial charge < -0.3 is 10.1 Å². The van der Waals surface area contributed by atoms with Gasteiger partial charge in [-0.3, -0.25) is 14.6 Å². The fourth-order valence-corrected chi connectivity index (χ4v) is 3.91. The van der Waals surface area contributed by atoms with Gasteiger partial charge in [-0.2, -0.15) is 0 Å². The van der Waals surface area contributed by atoms with E-state index < -0.39 is 0 Å². The lowest BCUT2D eigenvalue weighted by Gasteiger charge is -2.34. The van der Waals surface area contributed by atoms with Gasteiger partial charge in [-0.25, -0.2) is 4.98 Å². The van der Waals surface area contributed by atoms with Gasteiger partial charge in [0.15, 0.2) is 5.13 Å². The molecule has 0 saturated carbocycles. The standard InChI is InChI=1S/C21H24N4O2S/c26-20(23-21-22-7-14-28-21)16-25-10-8-24(9-11-25)12-13-27-19-6-5-17-3-1-2-4-18(17)15-19/h1-7,14-15H,8-13,16H2,(H,22,23,26). The number of nitrogens with zero attached hydrogens (tertiary/aromatic N) is 3. The third-order valence-electron chi connectivity index (χ3n) is 4.91. The third-order valence-corrected chi connectivity index (χ3v) is 5.60. The van der Waals surface area contributed by atoms with Crippen molar-refractivity contribution in [1.82, 2.24) is 14.8 Å². The summed E-state index contributed by atoms with van der Waals surface area (Å²) in [6, 6.07) is 14.5. The van der Waals surface area contributed by atoms with Crippen molar-refractivity contribution < 1.29 is 9.53 Å². The van der Waals surface area contributed by atoms with Crippen molar-refractivity contribution in [1.29, 1.82) is 0 Å². The molecule has 4 rings (SSSR count). The number of thiazole rings is 1. The largest absolute Gasteiger partial charge is 0.492 e. The molecule has 1 fully saturated rings. The fraction of sp³-hybridized carbons (Fsp3) is 0.333. The van der Waals surface area contributed by atoms with Crippen LogP contribution in [0.4, 0.5) is 5.13 Å². The number of anilines is 1. The number of aromatic nitrogens is 1. The van der Waals surface area contributed by atoms with E-state index >= 15 is 0 Å². The molecule has 1 N–H and O–H groups in total. The van der Waals surface area contributed by atoms with E-state index in [1.807, 2.05) is 23.6 Å². The molecule has 6 nitrogen and oxygen atoms in total. The van der Waals surface area contributed by atoms with E-state index in [1.165, 1.54) is 22.1 Å². The van der Waals surface area contributed by atoms with Crippen LogP contribution in [0.5, 0.6) is 5.75 Å². The average Bonchev–Trinajstić information content (AvgIpc) is 3.22. The molecule has 0 spiro atoms. The summed E-state index contributed by atoms with van der Waals surface area (Å²) < 4.78 is 5.94. The van der Waals surface area contributed by atoms with Gasteiger partial charge in [0, 0.05) is 44.3 Å². The van der Waals surface area contributed by atoms with Crippen molar-refractivity contribution in [2.45, 2.75) is 0 Å². The normalized spacial score (nSPS) is 15.6. The molecule has 0 unspecified atom stereocenters. The summed E-state index contributed by atoms with van der Waals surface area (Å²) in [5.41, 5.74) is 0. The zero-order valence-electron chi connectivity index (χ0n) is 15.7. The summed E-state index contributed by atoms with van der Waals surface area (Å²) in [6.07, 6.45) is 1.69. The molecule has 28 heavy (non-hydrogen) atoms. The maximum Gasteiger partial charge on any atom is 0.240 e. The number of fused-ring (bicyclic) bond motifs is 1. The quantitative estimate of drug-likeness (QED) is 0.665. The van der Waals surface area contributed by atoms with Gasteiger partial charge in [-0.15, -0.1) is 11.3 Å². The number of rotatable bonds is 7. The van der Waals surface area contributed by atoms with Crippen molar-refractivity contribution in [2.75, 3.05) is 51.2 Å². The number of hydrogen-bond donors (Lipinski definition) is 1. The monoisotopic (exact) mass is 396 g/mol. The highest BCUT2D eigenvalue weighted by atomic mass is 32.1. The maximum absolute atomic E-state index is 12.1. The van der Waals surface area contributed by atoms with Crippen LogP contribution in [0.3, 0.4) is 0 Å². The van der Waals surface area contributed by atoms with Crippen LogP contribution < -0.4 is 10.1 Å². The van der Waals surface area contributed by atoms with Crippen LogP contribution in [0.25, 0.3) is 10.8 Å². The molecule has 1 aromatic heterocycles. The van der Waals surface area contributed by atoms with Gasteiger partial charge in [0.05, 0.1) is 6.54 Å². The Bertz CT molecular complexity index is 908. The molecule has 2 aromatic carbocycles. The van der Waals surface area contributed by atoms with Gasteiger partial charge in [0.25, 0.3) is 0 Å². The molecule has 146 valence electrons. The molecule has 0 aliphatic carbocycles. The zero-order chi connectivity index (χ0) is 19.2. The summed E-state index contributed by atoms with van der Waals surface area (Å²) in [5.74, 6) is 0.916. The van der Waals surface area contributed by atoms with E-state index in [0.29, 0.717) is 18.3 Å². The smallest absolute Gasteiger partial charge is 0.240 e. The van der Waals surface area contributed by atoms with Crippen molar-refractivity contribution in [3.8, 4) is 5.75 Å². The second kappa shape index (κ2) is 9.14. The highest BCUT2D eigenvalue weighted by Crippen LogP contribution is 2.20.